The number of thiazole rings is 1. The van der Waals surface area contributed by atoms with Crippen molar-refractivity contribution >= 4 is 49.8 Å². The average Bonchev–Trinajstić information content (AvgIpc) is 3.42. The lowest BCUT2D eigenvalue weighted by Crippen LogP contribution is -2.34. The van der Waals surface area contributed by atoms with E-state index in [1.165, 1.54) is 18.6 Å². The lowest BCUT2D eigenvalue weighted by atomic mass is 10.2. The second-order valence-electron chi connectivity index (χ2n) is 7.47. The number of hydrogen-bond donors (Lipinski definition) is 2. The van der Waals surface area contributed by atoms with Gasteiger partial charge in [-0.3, -0.25) is 4.79 Å². The number of nitrogens with one attached hydrogen (secondary N) is 1. The maximum atomic E-state index is 15.1. The molecule has 0 amide bonds. The number of methoxy groups -OCH3 is 1. The molecule has 0 fully saturated rings. The van der Waals surface area contributed by atoms with Crippen molar-refractivity contribution in [3.8, 4) is 17.2 Å². The van der Waals surface area contributed by atoms with Crippen LogP contribution in [0.4, 0.5) is 4.39 Å². The van der Waals surface area contributed by atoms with E-state index in [1.54, 1.807) is 11.3 Å². The predicted molar refractivity (Wildman–Crippen MR) is 130 cm³/mol. The van der Waals surface area contributed by atoms with Gasteiger partial charge in [0.1, 0.15) is 11.5 Å². The van der Waals surface area contributed by atoms with Crippen LogP contribution in [0.3, 0.4) is 0 Å². The lowest BCUT2D eigenvalue weighted by Gasteiger charge is -2.14. The van der Waals surface area contributed by atoms with E-state index in [4.69, 9.17) is 9.47 Å². The van der Waals surface area contributed by atoms with Gasteiger partial charge in [-0.15, -0.1) is 22.7 Å². The number of hydrogen-bond acceptors (Lipinski definition) is 8. The van der Waals surface area contributed by atoms with E-state index >= 15 is 4.39 Å². The van der Waals surface area contributed by atoms with Gasteiger partial charge in [-0.25, -0.2) is 23.5 Å². The molecule has 0 spiro atoms. The number of aromatic carboxylic acids is 1. The minimum absolute atomic E-state index is 0.0557. The monoisotopic (exact) mass is 513 g/mol. The van der Waals surface area contributed by atoms with Crippen LogP contribution in [0.15, 0.2) is 45.3 Å². The number of carbonyl (C=O) groups is 1. The van der Waals surface area contributed by atoms with Crippen LogP contribution in [0.5, 0.6) is 11.5 Å². The Hall–Kier alpha value is -4.03. The van der Waals surface area contributed by atoms with Crippen LogP contribution in [0.1, 0.15) is 20.2 Å². The van der Waals surface area contributed by atoms with Gasteiger partial charge in [-0.2, -0.15) is 0 Å². The molecule has 9 nitrogen and oxygen atoms in total. The molecular formula is C23H16FN3O6S2. The first-order chi connectivity index (χ1) is 16.8. The second kappa shape index (κ2) is 8.64. The summed E-state index contributed by atoms with van der Waals surface area (Å²) in [6, 6.07) is 7.85. The summed E-state index contributed by atoms with van der Waals surface area (Å²) < 4.78 is 27.7. The van der Waals surface area contributed by atoms with Crippen molar-refractivity contribution < 1.29 is 23.8 Å². The summed E-state index contributed by atoms with van der Waals surface area (Å²) in [7, 11) is 1.33. The average molecular weight is 514 g/mol. The topological polar surface area (TPSA) is 124 Å². The first kappa shape index (κ1) is 22.7. The number of aromatic nitrogens is 3. The third-order valence-electron chi connectivity index (χ3n) is 5.31. The first-order valence-electron chi connectivity index (χ1n) is 10.1. The van der Waals surface area contributed by atoms with Gasteiger partial charge in [0.15, 0.2) is 17.3 Å². The van der Waals surface area contributed by atoms with E-state index in [-0.39, 0.29) is 33.9 Å². The zero-order valence-electron chi connectivity index (χ0n) is 18.2. The first-order valence-corrected chi connectivity index (χ1v) is 11.8. The Kier molecular flexibility index (Phi) is 5.61. The number of rotatable bonds is 6. The highest BCUT2D eigenvalue weighted by Crippen LogP contribution is 2.33. The maximum Gasteiger partial charge on any atom is 0.346 e. The van der Waals surface area contributed by atoms with Crippen LogP contribution in [0.25, 0.3) is 26.8 Å². The molecule has 0 bridgehead atoms. The van der Waals surface area contributed by atoms with Gasteiger partial charge >= 0.3 is 11.7 Å². The quantitative estimate of drug-likeness (QED) is 0.351. The normalized spacial score (nSPS) is 11.3. The van der Waals surface area contributed by atoms with Crippen LogP contribution in [-0.2, 0) is 6.61 Å². The highest BCUT2D eigenvalue weighted by atomic mass is 32.1. The number of aryl methyl sites for hydroxylation is 1. The highest BCUT2D eigenvalue weighted by molar-refractivity contribution is 7.18. The number of carboxylic acids is 1. The Morgan fingerprint density at radius 2 is 2.06 bits per heavy atom. The predicted octanol–water partition coefficient (Wildman–Crippen LogP) is 4.08. The minimum Gasteiger partial charge on any atom is -0.493 e. The zero-order chi connectivity index (χ0) is 24.9. The van der Waals surface area contributed by atoms with E-state index in [0.29, 0.717) is 4.57 Å². The van der Waals surface area contributed by atoms with Crippen molar-refractivity contribution in [3.05, 3.63) is 77.8 Å². The van der Waals surface area contributed by atoms with Crippen molar-refractivity contribution in [1.82, 2.24) is 14.5 Å². The van der Waals surface area contributed by atoms with Crippen molar-refractivity contribution in [1.29, 1.82) is 0 Å². The largest absolute Gasteiger partial charge is 0.493 e. The summed E-state index contributed by atoms with van der Waals surface area (Å²) in [4.78, 5) is 44.1. The van der Waals surface area contributed by atoms with E-state index < -0.39 is 28.7 Å². The molecule has 178 valence electrons. The van der Waals surface area contributed by atoms with Crippen LogP contribution < -0.4 is 20.7 Å². The fourth-order valence-electron chi connectivity index (χ4n) is 3.77. The molecule has 5 aromatic rings. The molecule has 3 aromatic heterocycles. The number of ether oxygens (including phenoxy) is 2. The number of thiophene rings is 1. The van der Waals surface area contributed by atoms with Crippen molar-refractivity contribution in [2.45, 2.75) is 13.5 Å². The molecule has 0 atom stereocenters. The van der Waals surface area contributed by atoms with Gasteiger partial charge in [0, 0.05) is 23.1 Å². The van der Waals surface area contributed by atoms with Gasteiger partial charge in [-0.05, 0) is 13.0 Å². The summed E-state index contributed by atoms with van der Waals surface area (Å²) in [6.07, 6.45) is 0. The molecule has 2 aromatic carbocycles. The molecule has 0 aliphatic heterocycles. The molecular weight excluding hydrogens is 497 g/mol. The molecule has 0 aliphatic rings. The van der Waals surface area contributed by atoms with Gasteiger partial charge in [0.25, 0.3) is 5.56 Å². The number of halogens is 1. The van der Waals surface area contributed by atoms with Gasteiger partial charge in [0.05, 0.1) is 38.9 Å². The SMILES string of the molecule is COc1cc(F)c(-n2c(=O)[nH]c3csc(C(=O)O)c3c2=O)cc1OCc1cccc2sc(C)nc12. The molecule has 35 heavy (non-hydrogen) atoms. The molecule has 5 rings (SSSR count). The minimum atomic E-state index is -1.33. The Balaban J connectivity index is 1.62. The van der Waals surface area contributed by atoms with Crippen molar-refractivity contribution in [2.75, 3.05) is 7.11 Å². The Labute approximate surface area is 203 Å². The number of H-pyrrole nitrogens is 1. The molecule has 0 saturated carbocycles. The molecule has 0 radical (unpaired) electrons. The third-order valence-corrected chi connectivity index (χ3v) is 7.22. The van der Waals surface area contributed by atoms with E-state index in [1.807, 2.05) is 25.1 Å². The van der Waals surface area contributed by atoms with E-state index in [2.05, 4.69) is 9.97 Å². The number of benzene rings is 2. The fraction of sp³-hybridized carbons (Fsp3) is 0.130. The van der Waals surface area contributed by atoms with E-state index in [9.17, 15) is 19.5 Å². The van der Waals surface area contributed by atoms with Crippen molar-refractivity contribution in [3.63, 3.8) is 0 Å². The number of fused-ring (bicyclic) bond motifs is 2. The fourth-order valence-corrected chi connectivity index (χ4v) is 5.47. The van der Waals surface area contributed by atoms with Crippen LogP contribution in [0, 0.1) is 12.7 Å². The Morgan fingerprint density at radius 1 is 1.26 bits per heavy atom. The lowest BCUT2D eigenvalue weighted by molar-refractivity contribution is 0.0704. The summed E-state index contributed by atoms with van der Waals surface area (Å²) in [5.41, 5.74) is -0.640. The smallest absolute Gasteiger partial charge is 0.346 e. The summed E-state index contributed by atoms with van der Waals surface area (Å²) in [5, 5.41) is 11.4. The molecule has 0 aliphatic carbocycles. The van der Waals surface area contributed by atoms with E-state index in [0.717, 1.165) is 38.2 Å². The third kappa shape index (κ3) is 3.86. The number of para-hydroxylation sites is 1. The summed E-state index contributed by atoms with van der Waals surface area (Å²) in [6.45, 7) is 1.97. The van der Waals surface area contributed by atoms with Crippen molar-refractivity contribution in [2.24, 2.45) is 0 Å². The summed E-state index contributed by atoms with van der Waals surface area (Å²) >= 11 is 2.34. The zero-order valence-corrected chi connectivity index (χ0v) is 19.9. The van der Waals surface area contributed by atoms with Gasteiger partial charge in [0.2, 0.25) is 0 Å². The Bertz CT molecular complexity index is 1750. The highest BCUT2D eigenvalue weighted by Gasteiger charge is 2.22. The molecule has 2 N–H and O–H groups in total. The van der Waals surface area contributed by atoms with Gasteiger partial charge in [-0.1, -0.05) is 12.1 Å². The second-order valence-corrected chi connectivity index (χ2v) is 9.58. The number of carboxylic acid groups (broad SMARTS) is 1. The maximum absolute atomic E-state index is 15.1. The molecule has 0 saturated heterocycles. The number of nitrogens with zero attached hydrogens (tertiary/aromatic N) is 2. The summed E-state index contributed by atoms with van der Waals surface area (Å²) in [5.74, 6) is -2.11. The van der Waals surface area contributed by atoms with Gasteiger partial charge < -0.3 is 19.6 Å². The van der Waals surface area contributed by atoms with Crippen LogP contribution >= 0.6 is 22.7 Å². The molecule has 3 heterocycles. The number of aromatic amines is 1. The molecule has 0 unspecified atom stereocenters. The van der Waals surface area contributed by atoms with Crippen LogP contribution in [0.2, 0.25) is 0 Å². The van der Waals surface area contributed by atoms with Crippen LogP contribution in [-0.4, -0.2) is 32.7 Å². The Morgan fingerprint density at radius 3 is 2.80 bits per heavy atom. The molecule has 12 heteroatoms. The standard InChI is InChI=1S/C23H16FN3O6S2/c1-10-25-19-11(4-3-5-17(19)35-10)8-33-16-7-14(12(24)6-15(16)32-2)27-21(28)18-13(26-23(27)31)9-34-20(18)22(29)30/h3-7,9H,8H2,1-2H3,(H,26,31)(H,29,30).